The molecule has 2 heteroatoms. The molecule has 1 aromatic heterocycles. The van der Waals surface area contributed by atoms with Gasteiger partial charge in [-0.2, -0.15) is 0 Å². The molecule has 0 aliphatic heterocycles. The third-order valence-corrected chi connectivity index (χ3v) is 14.3. The molecule has 9 aromatic carbocycles. The Kier molecular flexibility index (Phi) is 8.09. The minimum atomic E-state index is -0.732. The van der Waals surface area contributed by atoms with E-state index in [2.05, 4.69) is 235 Å². The minimum absolute atomic E-state index is 0.537. The first-order valence-electron chi connectivity index (χ1n) is 19.7. The lowest BCUT2D eigenvalue weighted by atomic mass is 9.67. The van der Waals surface area contributed by atoms with E-state index in [4.69, 9.17) is 0 Å². The van der Waals surface area contributed by atoms with Crippen LogP contribution in [-0.4, -0.2) is 4.57 Å². The zero-order valence-electron chi connectivity index (χ0n) is 31.3. The summed E-state index contributed by atoms with van der Waals surface area (Å²) in [7, 11) is -0.732. The van der Waals surface area contributed by atoms with Gasteiger partial charge in [-0.25, -0.2) is 0 Å². The van der Waals surface area contributed by atoms with Crippen molar-refractivity contribution in [3.63, 3.8) is 0 Å². The van der Waals surface area contributed by atoms with Gasteiger partial charge in [-0.1, -0.05) is 206 Å². The quantitative estimate of drug-likeness (QED) is 0.143. The summed E-state index contributed by atoms with van der Waals surface area (Å²) >= 11 is 0. The summed E-state index contributed by atoms with van der Waals surface area (Å²) in [5, 5.41) is 6.58. The maximum atomic E-state index is 2.55. The molecule has 0 saturated carbocycles. The molecule has 0 atom stereocenters. The first kappa shape index (κ1) is 33.5. The molecule has 11 rings (SSSR count). The van der Waals surface area contributed by atoms with Crippen molar-refractivity contribution in [3.8, 4) is 27.9 Å². The van der Waals surface area contributed by atoms with E-state index in [1.807, 2.05) is 0 Å². The molecule has 0 radical (unpaired) electrons. The van der Waals surface area contributed by atoms with Gasteiger partial charge < -0.3 is 4.57 Å². The Morgan fingerprint density at radius 1 is 0.386 bits per heavy atom. The average Bonchev–Trinajstić information content (AvgIpc) is 3.79. The van der Waals surface area contributed by atoms with Crippen LogP contribution < -0.4 is 15.9 Å². The van der Waals surface area contributed by atoms with Crippen LogP contribution in [0.2, 0.25) is 0 Å². The lowest BCUT2D eigenvalue weighted by molar-refractivity contribution is 0.769. The van der Waals surface area contributed by atoms with Crippen molar-refractivity contribution < 1.29 is 0 Å². The molecule has 57 heavy (non-hydrogen) atoms. The van der Waals surface area contributed by atoms with Crippen molar-refractivity contribution in [2.24, 2.45) is 0 Å². The van der Waals surface area contributed by atoms with E-state index < -0.39 is 13.3 Å². The third kappa shape index (κ3) is 5.20. The van der Waals surface area contributed by atoms with E-state index in [1.54, 1.807) is 0 Å². The third-order valence-electron chi connectivity index (χ3n) is 11.8. The molecule has 10 aromatic rings. The topological polar surface area (TPSA) is 4.93 Å². The van der Waals surface area contributed by atoms with Gasteiger partial charge >= 0.3 is 0 Å². The molecule has 0 N–H and O–H groups in total. The van der Waals surface area contributed by atoms with Gasteiger partial charge in [0.05, 0.1) is 16.4 Å². The molecule has 0 spiro atoms. The van der Waals surface area contributed by atoms with Crippen LogP contribution in [0.1, 0.15) is 22.3 Å². The summed E-state index contributed by atoms with van der Waals surface area (Å²) in [6.45, 7) is 0. The highest BCUT2D eigenvalue weighted by Gasteiger charge is 2.47. The molecule has 1 heterocycles. The fraction of sp³-hybridized carbons (Fsp3) is 0.0182. The van der Waals surface area contributed by atoms with Crippen molar-refractivity contribution >= 4 is 45.6 Å². The average molecular weight is 744 g/mol. The maximum absolute atomic E-state index is 2.55. The van der Waals surface area contributed by atoms with Gasteiger partial charge in [0, 0.05) is 22.0 Å². The molecular weight excluding hydrogens is 706 g/mol. The zero-order chi connectivity index (χ0) is 37.8. The van der Waals surface area contributed by atoms with E-state index in [0.717, 1.165) is 5.69 Å². The summed E-state index contributed by atoms with van der Waals surface area (Å²) in [6, 6.07) is 85.4. The molecule has 1 aliphatic rings. The second-order valence-electron chi connectivity index (χ2n) is 14.8. The zero-order valence-corrected chi connectivity index (χ0v) is 32.2. The van der Waals surface area contributed by atoms with E-state index >= 15 is 0 Å². The van der Waals surface area contributed by atoms with Crippen LogP contribution in [0.25, 0.3) is 49.7 Å². The van der Waals surface area contributed by atoms with Crippen LogP contribution in [0.4, 0.5) is 0 Å². The van der Waals surface area contributed by atoms with Crippen molar-refractivity contribution in [2.75, 3.05) is 0 Å². The highest BCUT2D eigenvalue weighted by molar-refractivity contribution is 7.79. The predicted octanol–water partition coefficient (Wildman–Crippen LogP) is 12.6. The Hall–Kier alpha value is -6.79. The molecule has 0 fully saturated rings. The van der Waals surface area contributed by atoms with Crippen LogP contribution >= 0.6 is 7.92 Å². The Bertz CT molecular complexity index is 2950. The highest BCUT2D eigenvalue weighted by Crippen LogP contribution is 2.60. The number of hydrogen-bond donors (Lipinski definition) is 0. The van der Waals surface area contributed by atoms with E-state index in [-0.39, 0.29) is 0 Å². The predicted molar refractivity (Wildman–Crippen MR) is 242 cm³/mol. The minimum Gasteiger partial charge on any atom is -0.309 e. The lowest BCUT2D eigenvalue weighted by Crippen LogP contribution is -2.28. The van der Waals surface area contributed by atoms with E-state index in [1.165, 1.54) is 82.2 Å². The van der Waals surface area contributed by atoms with Gasteiger partial charge in [0.25, 0.3) is 0 Å². The molecule has 268 valence electrons. The Labute approximate surface area is 334 Å². The smallest absolute Gasteiger partial charge is 0.0714 e. The number of para-hydroxylation sites is 2. The number of hydrogen-bond acceptors (Lipinski definition) is 0. The summed E-state index contributed by atoms with van der Waals surface area (Å²) in [5.41, 5.74) is 13.3. The van der Waals surface area contributed by atoms with Gasteiger partial charge in [0.1, 0.15) is 0 Å². The van der Waals surface area contributed by atoms with Gasteiger partial charge in [0.15, 0.2) is 0 Å². The van der Waals surface area contributed by atoms with Crippen LogP contribution in [-0.2, 0) is 5.41 Å². The second kappa shape index (κ2) is 13.7. The van der Waals surface area contributed by atoms with Gasteiger partial charge in [-0.05, 0) is 87.0 Å². The second-order valence-corrected chi connectivity index (χ2v) is 17.1. The molecule has 0 bridgehead atoms. The monoisotopic (exact) mass is 743 g/mol. The van der Waals surface area contributed by atoms with Gasteiger partial charge in [-0.3, -0.25) is 0 Å². The number of fused-ring (bicyclic) bond motifs is 7. The number of nitrogens with zero attached hydrogens (tertiary/aromatic N) is 1. The van der Waals surface area contributed by atoms with Crippen molar-refractivity contribution in [3.05, 3.63) is 253 Å². The Morgan fingerprint density at radius 3 is 1.49 bits per heavy atom. The maximum Gasteiger partial charge on any atom is 0.0714 e. The van der Waals surface area contributed by atoms with Crippen LogP contribution in [0.15, 0.2) is 231 Å². The summed E-state index contributed by atoms with van der Waals surface area (Å²) < 4.78 is 2.52. The van der Waals surface area contributed by atoms with Crippen molar-refractivity contribution in [2.45, 2.75) is 5.41 Å². The van der Waals surface area contributed by atoms with Gasteiger partial charge in [0.2, 0.25) is 0 Å². The Morgan fingerprint density at radius 2 is 0.877 bits per heavy atom. The number of aromatic nitrogens is 1. The molecule has 0 unspecified atom stereocenters. The molecule has 1 nitrogen and oxygen atoms in total. The molecule has 0 amide bonds. The first-order valence-corrected chi connectivity index (χ1v) is 21.0. The normalized spacial score (nSPS) is 12.9. The molecular formula is C55H38NP. The van der Waals surface area contributed by atoms with Crippen LogP contribution in [0.5, 0.6) is 0 Å². The van der Waals surface area contributed by atoms with Gasteiger partial charge in [-0.15, -0.1) is 0 Å². The first-order chi connectivity index (χ1) is 28.3. The molecule has 1 aliphatic carbocycles. The summed E-state index contributed by atoms with van der Waals surface area (Å²) in [5.74, 6) is 0. The summed E-state index contributed by atoms with van der Waals surface area (Å²) in [6.07, 6.45) is 0. The standard InChI is InChI=1S/C55H38NP/c1-6-20-40(21-7-1)55(41-22-8-2-9-23-41)49-32-18-16-30-46(49)53-50(55)38-48(52-47-31-17-19-33-51(47)56(54(52)53)42-24-10-3-11-25-42)39-34-36-45(37-35-39)57(43-26-12-4-13-27-43)44-28-14-5-15-29-44/h1-38H. The fourth-order valence-electron chi connectivity index (χ4n) is 9.54. The van der Waals surface area contributed by atoms with Crippen LogP contribution in [0, 0.1) is 0 Å². The molecule has 0 saturated heterocycles. The number of benzene rings is 9. The van der Waals surface area contributed by atoms with Crippen molar-refractivity contribution in [1.29, 1.82) is 0 Å². The van der Waals surface area contributed by atoms with E-state index in [9.17, 15) is 0 Å². The highest BCUT2D eigenvalue weighted by atomic mass is 31.1. The summed E-state index contributed by atoms with van der Waals surface area (Å²) in [4.78, 5) is 0. The SMILES string of the molecule is c1ccc(-n2c3ccccc3c3c(-c4ccc(P(c5ccccc5)c5ccccc5)cc4)cc4c(c32)-c2ccccc2C4(c2ccccc2)c2ccccc2)cc1. The Balaban J connectivity index is 1.27. The van der Waals surface area contributed by atoms with E-state index in [0.29, 0.717) is 0 Å². The fourth-order valence-corrected chi connectivity index (χ4v) is 11.8. The van der Waals surface area contributed by atoms with Crippen molar-refractivity contribution in [1.82, 2.24) is 4.57 Å². The van der Waals surface area contributed by atoms with Crippen LogP contribution in [0.3, 0.4) is 0 Å². The lowest BCUT2D eigenvalue weighted by Gasteiger charge is -2.34. The largest absolute Gasteiger partial charge is 0.309 e. The number of rotatable bonds is 7.